The van der Waals surface area contributed by atoms with Gasteiger partial charge in [0.2, 0.25) is 5.75 Å². The summed E-state index contributed by atoms with van der Waals surface area (Å²) in [4.78, 5) is 20.9. The summed E-state index contributed by atoms with van der Waals surface area (Å²) in [7, 11) is 1.20. The SMILES string of the molecule is COc1c([N+](=O)[O-])ccc(Cl)c1C(=O)Cl. The van der Waals surface area contributed by atoms with E-state index in [9.17, 15) is 14.9 Å². The molecule has 80 valence electrons. The van der Waals surface area contributed by atoms with Gasteiger partial charge in [-0.05, 0) is 17.7 Å². The summed E-state index contributed by atoms with van der Waals surface area (Å²) in [5, 5.41) is 9.70. The van der Waals surface area contributed by atoms with Crippen molar-refractivity contribution in [2.24, 2.45) is 0 Å². The maximum absolute atomic E-state index is 11.0. The molecule has 0 saturated heterocycles. The quantitative estimate of drug-likeness (QED) is 0.469. The van der Waals surface area contributed by atoms with E-state index in [-0.39, 0.29) is 22.0 Å². The molecular formula is C8H5Cl2NO4. The summed E-state index contributed by atoms with van der Waals surface area (Å²) in [6.07, 6.45) is 0. The molecule has 0 atom stereocenters. The van der Waals surface area contributed by atoms with Gasteiger partial charge in [-0.1, -0.05) is 11.6 Å². The van der Waals surface area contributed by atoms with Gasteiger partial charge in [0.05, 0.1) is 17.1 Å². The number of rotatable bonds is 3. The number of nitro benzene ring substituents is 1. The van der Waals surface area contributed by atoms with Crippen LogP contribution in [0, 0.1) is 10.1 Å². The lowest BCUT2D eigenvalue weighted by atomic mass is 10.2. The zero-order valence-electron chi connectivity index (χ0n) is 7.49. The Labute approximate surface area is 94.7 Å². The Bertz CT molecular complexity index is 433. The highest BCUT2D eigenvalue weighted by atomic mass is 35.5. The molecule has 0 amide bonds. The minimum atomic E-state index is -0.902. The second-order valence-corrected chi connectivity index (χ2v) is 3.26. The molecule has 7 heteroatoms. The minimum Gasteiger partial charge on any atom is -0.490 e. The number of carbonyl (C=O) groups excluding carboxylic acids is 1. The number of methoxy groups -OCH3 is 1. The van der Waals surface area contributed by atoms with Crippen molar-refractivity contribution in [2.75, 3.05) is 7.11 Å². The van der Waals surface area contributed by atoms with E-state index in [4.69, 9.17) is 27.9 Å². The van der Waals surface area contributed by atoms with Crippen LogP contribution in [0.15, 0.2) is 12.1 Å². The summed E-state index contributed by atoms with van der Waals surface area (Å²) >= 11 is 10.9. The lowest BCUT2D eigenvalue weighted by Crippen LogP contribution is -2.01. The number of halogens is 2. The van der Waals surface area contributed by atoms with Crippen LogP contribution >= 0.6 is 23.2 Å². The van der Waals surface area contributed by atoms with Gasteiger partial charge in [-0.2, -0.15) is 0 Å². The molecule has 1 aromatic carbocycles. The van der Waals surface area contributed by atoms with E-state index in [1.54, 1.807) is 0 Å². The Balaban J connectivity index is 3.54. The van der Waals surface area contributed by atoms with Gasteiger partial charge < -0.3 is 4.74 Å². The van der Waals surface area contributed by atoms with Crippen LogP contribution in [0.5, 0.6) is 5.75 Å². The summed E-state index contributed by atoms with van der Waals surface area (Å²) in [5.74, 6) is -0.229. The van der Waals surface area contributed by atoms with Crippen LogP contribution in [0.1, 0.15) is 10.4 Å². The standard InChI is InChI=1S/C8H5Cl2NO4/c1-15-7-5(11(13)14)3-2-4(9)6(7)8(10)12/h2-3H,1H3. The van der Waals surface area contributed by atoms with Crippen LogP contribution < -0.4 is 4.74 Å². The number of benzene rings is 1. The summed E-state index contributed by atoms with van der Waals surface area (Å²) in [6, 6.07) is 2.36. The maximum Gasteiger partial charge on any atom is 0.311 e. The highest BCUT2D eigenvalue weighted by Crippen LogP contribution is 2.36. The van der Waals surface area contributed by atoms with E-state index in [2.05, 4.69) is 0 Å². The molecule has 0 bridgehead atoms. The average Bonchev–Trinajstić information content (AvgIpc) is 2.15. The molecule has 0 aliphatic heterocycles. The summed E-state index contributed by atoms with van der Waals surface area (Å²) in [6.45, 7) is 0. The van der Waals surface area contributed by atoms with Crippen LogP contribution in [0.3, 0.4) is 0 Å². The lowest BCUT2D eigenvalue weighted by Gasteiger charge is -2.06. The Kier molecular flexibility index (Phi) is 3.49. The topological polar surface area (TPSA) is 69.4 Å². The summed E-state index contributed by atoms with van der Waals surface area (Å²) < 4.78 is 4.75. The predicted molar refractivity (Wildman–Crippen MR) is 54.8 cm³/mol. The first-order valence-electron chi connectivity index (χ1n) is 3.69. The first-order chi connectivity index (χ1) is 6.99. The molecule has 1 aromatic rings. The van der Waals surface area contributed by atoms with Crippen molar-refractivity contribution in [1.82, 2.24) is 0 Å². The van der Waals surface area contributed by atoms with Crippen LogP contribution in [-0.4, -0.2) is 17.3 Å². The fourth-order valence-electron chi connectivity index (χ4n) is 1.08. The average molecular weight is 250 g/mol. The Morgan fingerprint density at radius 3 is 2.53 bits per heavy atom. The lowest BCUT2D eigenvalue weighted by molar-refractivity contribution is -0.385. The van der Waals surface area contributed by atoms with E-state index < -0.39 is 10.2 Å². The second-order valence-electron chi connectivity index (χ2n) is 2.51. The third-order valence-electron chi connectivity index (χ3n) is 1.68. The molecular weight excluding hydrogens is 245 g/mol. The second kappa shape index (κ2) is 4.46. The zero-order chi connectivity index (χ0) is 11.6. The fraction of sp³-hybridized carbons (Fsp3) is 0.125. The molecule has 0 aromatic heterocycles. The number of carbonyl (C=O) groups is 1. The van der Waals surface area contributed by atoms with Crippen LogP contribution in [0.25, 0.3) is 0 Å². The smallest absolute Gasteiger partial charge is 0.311 e. The molecule has 1 rings (SSSR count). The normalized spacial score (nSPS) is 9.80. The van der Waals surface area contributed by atoms with E-state index >= 15 is 0 Å². The van der Waals surface area contributed by atoms with Gasteiger partial charge in [0, 0.05) is 6.07 Å². The Morgan fingerprint density at radius 2 is 2.13 bits per heavy atom. The third kappa shape index (κ3) is 2.19. The van der Waals surface area contributed by atoms with Crippen molar-refractivity contribution < 1.29 is 14.5 Å². The highest BCUT2D eigenvalue weighted by Gasteiger charge is 2.24. The van der Waals surface area contributed by atoms with Gasteiger partial charge in [-0.3, -0.25) is 14.9 Å². The number of ether oxygens (including phenoxy) is 1. The van der Waals surface area contributed by atoms with Crippen molar-refractivity contribution >= 4 is 34.1 Å². The van der Waals surface area contributed by atoms with E-state index in [0.29, 0.717) is 0 Å². The molecule has 0 N–H and O–H groups in total. The van der Waals surface area contributed by atoms with E-state index in [1.807, 2.05) is 0 Å². The van der Waals surface area contributed by atoms with Crippen LogP contribution in [0.2, 0.25) is 5.02 Å². The molecule has 0 heterocycles. The molecule has 0 saturated carbocycles. The number of hydrogen-bond donors (Lipinski definition) is 0. The van der Waals surface area contributed by atoms with Crippen molar-refractivity contribution in [3.63, 3.8) is 0 Å². The number of hydrogen-bond acceptors (Lipinski definition) is 4. The predicted octanol–water partition coefficient (Wildman–Crippen LogP) is 2.64. The molecule has 15 heavy (non-hydrogen) atoms. The molecule has 0 aliphatic rings. The van der Waals surface area contributed by atoms with Crippen molar-refractivity contribution in [3.8, 4) is 5.75 Å². The van der Waals surface area contributed by atoms with E-state index in [0.717, 1.165) is 6.07 Å². The van der Waals surface area contributed by atoms with Crippen molar-refractivity contribution in [3.05, 3.63) is 32.8 Å². The largest absolute Gasteiger partial charge is 0.490 e. The minimum absolute atomic E-state index is 0.0115. The van der Waals surface area contributed by atoms with Gasteiger partial charge in [-0.25, -0.2) is 0 Å². The monoisotopic (exact) mass is 249 g/mol. The van der Waals surface area contributed by atoms with Gasteiger partial charge in [0.25, 0.3) is 5.24 Å². The molecule has 0 unspecified atom stereocenters. The van der Waals surface area contributed by atoms with Crippen molar-refractivity contribution in [2.45, 2.75) is 0 Å². The Morgan fingerprint density at radius 1 is 1.53 bits per heavy atom. The van der Waals surface area contributed by atoms with Crippen LogP contribution in [0.4, 0.5) is 5.69 Å². The first kappa shape index (κ1) is 11.7. The highest BCUT2D eigenvalue weighted by molar-refractivity contribution is 6.69. The van der Waals surface area contributed by atoms with Gasteiger partial charge in [0.1, 0.15) is 5.56 Å². The van der Waals surface area contributed by atoms with E-state index in [1.165, 1.54) is 13.2 Å². The number of nitro groups is 1. The molecule has 5 nitrogen and oxygen atoms in total. The first-order valence-corrected chi connectivity index (χ1v) is 4.45. The van der Waals surface area contributed by atoms with Gasteiger partial charge in [0.15, 0.2) is 0 Å². The molecule has 0 spiro atoms. The van der Waals surface area contributed by atoms with Crippen LogP contribution in [-0.2, 0) is 0 Å². The fourth-order valence-corrected chi connectivity index (χ4v) is 1.55. The summed E-state index contributed by atoms with van der Waals surface area (Å²) in [5.41, 5.74) is -0.555. The molecule has 0 aliphatic carbocycles. The Hall–Kier alpha value is -1.33. The number of nitrogens with zero attached hydrogens (tertiary/aromatic N) is 1. The van der Waals surface area contributed by atoms with Crippen molar-refractivity contribution in [1.29, 1.82) is 0 Å². The molecule has 0 fully saturated rings. The third-order valence-corrected chi connectivity index (χ3v) is 2.19. The van der Waals surface area contributed by atoms with Gasteiger partial charge >= 0.3 is 5.69 Å². The maximum atomic E-state index is 11.0. The zero-order valence-corrected chi connectivity index (χ0v) is 9.00. The molecule has 0 radical (unpaired) electrons. The van der Waals surface area contributed by atoms with Gasteiger partial charge in [-0.15, -0.1) is 0 Å².